The van der Waals surface area contributed by atoms with E-state index in [0.29, 0.717) is 19.3 Å². The van der Waals surface area contributed by atoms with Crippen molar-refractivity contribution >= 4 is 5.91 Å². The predicted molar refractivity (Wildman–Crippen MR) is 96.6 cm³/mol. The Labute approximate surface area is 152 Å². The van der Waals surface area contributed by atoms with Crippen molar-refractivity contribution in [3.63, 3.8) is 0 Å². The highest BCUT2D eigenvalue weighted by molar-refractivity contribution is 5.76. The van der Waals surface area contributed by atoms with Gasteiger partial charge in [0.25, 0.3) is 0 Å². The molecule has 0 aliphatic carbocycles. The number of rotatable bonds is 9. The van der Waals surface area contributed by atoms with E-state index in [9.17, 15) is 15.0 Å². The van der Waals surface area contributed by atoms with Crippen LogP contribution in [0.2, 0.25) is 0 Å². The molecule has 0 aromatic heterocycles. The van der Waals surface area contributed by atoms with E-state index < -0.39 is 11.9 Å². The van der Waals surface area contributed by atoms with Crippen LogP contribution in [0.5, 0.6) is 0 Å². The minimum absolute atomic E-state index is 0.0511. The zero-order valence-corrected chi connectivity index (χ0v) is 16.6. The summed E-state index contributed by atoms with van der Waals surface area (Å²) in [5.41, 5.74) is 5.44. The van der Waals surface area contributed by atoms with Gasteiger partial charge in [0, 0.05) is 24.4 Å². The van der Waals surface area contributed by atoms with E-state index in [1.54, 1.807) is 0 Å². The van der Waals surface area contributed by atoms with Crippen LogP contribution >= 0.6 is 0 Å². The van der Waals surface area contributed by atoms with Crippen molar-refractivity contribution in [2.75, 3.05) is 6.61 Å². The molecule has 0 radical (unpaired) electrons. The molecule has 1 aliphatic rings. The summed E-state index contributed by atoms with van der Waals surface area (Å²) in [5.74, 6) is -1.43. The maximum absolute atomic E-state index is 11.5. The Hall–Kier alpha value is -0.690. The molecule has 0 spiro atoms. The van der Waals surface area contributed by atoms with Crippen LogP contribution in [0, 0.1) is 23.7 Å². The number of aliphatic hydroxyl groups is 2. The minimum atomic E-state index is -0.757. The third-order valence-corrected chi connectivity index (χ3v) is 5.56. The quantitative estimate of drug-likeness (QED) is 0.585. The molecule has 1 amide bonds. The van der Waals surface area contributed by atoms with Gasteiger partial charge in [-0.2, -0.15) is 0 Å². The lowest BCUT2D eigenvalue weighted by Gasteiger charge is -2.48. The summed E-state index contributed by atoms with van der Waals surface area (Å²) in [5, 5.41) is 20.1. The number of carbonyl (C=O) groups is 1. The summed E-state index contributed by atoms with van der Waals surface area (Å²) in [6.45, 7) is 11.7. The van der Waals surface area contributed by atoms with Crippen LogP contribution in [0.1, 0.15) is 60.8 Å². The minimum Gasteiger partial charge on any atom is -0.396 e. The van der Waals surface area contributed by atoms with Crippen LogP contribution in [-0.4, -0.2) is 46.8 Å². The molecule has 1 heterocycles. The van der Waals surface area contributed by atoms with Gasteiger partial charge in [-0.1, -0.05) is 27.7 Å². The van der Waals surface area contributed by atoms with E-state index in [2.05, 4.69) is 0 Å². The Morgan fingerprint density at radius 1 is 1.28 bits per heavy atom. The Morgan fingerprint density at radius 2 is 1.88 bits per heavy atom. The van der Waals surface area contributed by atoms with E-state index in [-0.39, 0.29) is 48.4 Å². The van der Waals surface area contributed by atoms with Crippen molar-refractivity contribution in [3.05, 3.63) is 0 Å². The molecule has 0 saturated carbocycles. The number of amides is 1. The number of aliphatic hydroxyl groups excluding tert-OH is 2. The molecular formula is C19H37NO5. The lowest BCUT2D eigenvalue weighted by molar-refractivity contribution is -0.332. The van der Waals surface area contributed by atoms with Crippen LogP contribution in [0.4, 0.5) is 0 Å². The van der Waals surface area contributed by atoms with Crippen LogP contribution < -0.4 is 5.73 Å². The van der Waals surface area contributed by atoms with Gasteiger partial charge in [-0.15, -0.1) is 0 Å². The van der Waals surface area contributed by atoms with Crippen LogP contribution in [0.25, 0.3) is 0 Å². The summed E-state index contributed by atoms with van der Waals surface area (Å²) < 4.78 is 12.1. The molecule has 1 rings (SSSR count). The average molecular weight is 360 g/mol. The first kappa shape index (κ1) is 22.4. The summed E-state index contributed by atoms with van der Waals surface area (Å²) in [7, 11) is 0. The highest BCUT2D eigenvalue weighted by Gasteiger charge is 2.45. The van der Waals surface area contributed by atoms with Gasteiger partial charge in [0.1, 0.15) is 0 Å². The summed E-state index contributed by atoms with van der Waals surface area (Å²) in [6.07, 6.45) is 0.880. The van der Waals surface area contributed by atoms with Gasteiger partial charge < -0.3 is 25.4 Å². The van der Waals surface area contributed by atoms with E-state index in [4.69, 9.17) is 15.2 Å². The Balaban J connectivity index is 2.83. The second-order valence-electron chi connectivity index (χ2n) is 8.08. The Kier molecular flexibility index (Phi) is 8.32. The first-order valence-electron chi connectivity index (χ1n) is 9.47. The van der Waals surface area contributed by atoms with Crippen molar-refractivity contribution in [3.8, 4) is 0 Å². The molecule has 1 saturated heterocycles. The number of carbonyl (C=O) groups excluding carboxylic acids is 1. The number of ether oxygens (including phenoxy) is 2. The SMILES string of the molecule is CC[C@@H](C[C@H](C)[C@H](O)[C@@H](C)[C@H]1OC(C)(C)O[C@@H](CCO)[C@@H]1C)C(N)=O. The largest absolute Gasteiger partial charge is 0.396 e. The summed E-state index contributed by atoms with van der Waals surface area (Å²) >= 11 is 0. The molecule has 148 valence electrons. The third kappa shape index (κ3) is 5.91. The highest BCUT2D eigenvalue weighted by Crippen LogP contribution is 2.38. The van der Waals surface area contributed by atoms with Crippen LogP contribution in [-0.2, 0) is 14.3 Å². The van der Waals surface area contributed by atoms with Gasteiger partial charge in [0.05, 0.1) is 18.3 Å². The van der Waals surface area contributed by atoms with Crippen molar-refractivity contribution in [2.24, 2.45) is 29.4 Å². The molecule has 1 aliphatic heterocycles. The van der Waals surface area contributed by atoms with Gasteiger partial charge in [-0.05, 0) is 39.0 Å². The number of hydrogen-bond donors (Lipinski definition) is 3. The number of nitrogens with two attached hydrogens (primary N) is 1. The summed E-state index contributed by atoms with van der Waals surface area (Å²) in [4.78, 5) is 11.5. The fourth-order valence-corrected chi connectivity index (χ4v) is 3.97. The fourth-order valence-electron chi connectivity index (χ4n) is 3.97. The predicted octanol–water partition coefficient (Wildman–Crippen LogP) is 2.06. The van der Waals surface area contributed by atoms with E-state index in [1.807, 2.05) is 41.5 Å². The third-order valence-electron chi connectivity index (χ3n) is 5.56. The molecule has 0 unspecified atom stereocenters. The molecule has 6 nitrogen and oxygen atoms in total. The monoisotopic (exact) mass is 359 g/mol. The van der Waals surface area contributed by atoms with E-state index in [1.165, 1.54) is 0 Å². The highest BCUT2D eigenvalue weighted by atomic mass is 16.7. The fraction of sp³-hybridized carbons (Fsp3) is 0.947. The second kappa shape index (κ2) is 9.31. The van der Waals surface area contributed by atoms with Gasteiger partial charge in [0.15, 0.2) is 5.79 Å². The molecular weight excluding hydrogens is 322 g/mol. The molecule has 7 atom stereocenters. The topological polar surface area (TPSA) is 102 Å². The van der Waals surface area contributed by atoms with E-state index in [0.717, 1.165) is 0 Å². The zero-order chi connectivity index (χ0) is 19.4. The number of primary amides is 1. The van der Waals surface area contributed by atoms with E-state index >= 15 is 0 Å². The van der Waals surface area contributed by atoms with Crippen molar-refractivity contribution in [1.82, 2.24) is 0 Å². The van der Waals surface area contributed by atoms with Crippen molar-refractivity contribution in [2.45, 2.75) is 84.9 Å². The Morgan fingerprint density at radius 3 is 2.36 bits per heavy atom. The van der Waals surface area contributed by atoms with Crippen molar-refractivity contribution < 1.29 is 24.5 Å². The molecule has 0 aromatic rings. The molecule has 0 bridgehead atoms. The van der Waals surface area contributed by atoms with Gasteiger partial charge in [-0.25, -0.2) is 0 Å². The lowest BCUT2D eigenvalue weighted by atomic mass is 9.78. The lowest BCUT2D eigenvalue weighted by Crippen LogP contribution is -2.54. The maximum atomic E-state index is 11.5. The van der Waals surface area contributed by atoms with Crippen LogP contribution in [0.15, 0.2) is 0 Å². The molecule has 1 fully saturated rings. The standard InChI is InChI=1S/C19H37NO5/c1-7-14(18(20)23)10-11(2)16(22)13(4)17-12(3)15(8-9-21)24-19(5,6)25-17/h11-17,21-22H,7-10H2,1-6H3,(H2,20,23)/t11-,12-,13+,14-,15-,16-,17-/m0/s1. The maximum Gasteiger partial charge on any atom is 0.220 e. The average Bonchev–Trinajstić information content (AvgIpc) is 2.53. The smallest absolute Gasteiger partial charge is 0.220 e. The number of hydrogen-bond acceptors (Lipinski definition) is 5. The molecule has 4 N–H and O–H groups in total. The van der Waals surface area contributed by atoms with Crippen LogP contribution in [0.3, 0.4) is 0 Å². The van der Waals surface area contributed by atoms with Gasteiger partial charge >= 0.3 is 0 Å². The Bertz CT molecular complexity index is 428. The van der Waals surface area contributed by atoms with Gasteiger partial charge in [-0.3, -0.25) is 4.79 Å². The first-order chi connectivity index (χ1) is 11.5. The van der Waals surface area contributed by atoms with Crippen molar-refractivity contribution in [1.29, 1.82) is 0 Å². The summed E-state index contributed by atoms with van der Waals surface area (Å²) in [6, 6.07) is 0. The normalized spacial score (nSPS) is 31.1. The van der Waals surface area contributed by atoms with Gasteiger partial charge in [0.2, 0.25) is 5.91 Å². The second-order valence-corrected chi connectivity index (χ2v) is 8.08. The molecule has 0 aromatic carbocycles. The molecule has 25 heavy (non-hydrogen) atoms. The first-order valence-corrected chi connectivity index (χ1v) is 9.47. The zero-order valence-electron chi connectivity index (χ0n) is 16.6. The molecule has 6 heteroatoms.